The van der Waals surface area contributed by atoms with Gasteiger partial charge < -0.3 is 11.1 Å². The van der Waals surface area contributed by atoms with Crippen LogP contribution >= 0.6 is 0 Å². The van der Waals surface area contributed by atoms with E-state index in [-0.39, 0.29) is 5.92 Å². The average molecular weight is 284 g/mol. The van der Waals surface area contributed by atoms with E-state index in [1.165, 1.54) is 0 Å². The third kappa shape index (κ3) is 4.97. The fourth-order valence-electron chi connectivity index (χ4n) is 2.45. The maximum Gasteiger partial charge on any atom is 0.324 e. The lowest BCUT2D eigenvalue weighted by Crippen LogP contribution is -2.44. The van der Waals surface area contributed by atoms with Crippen LogP contribution in [0.3, 0.4) is 0 Å². The van der Waals surface area contributed by atoms with Gasteiger partial charge in [0.1, 0.15) is 0 Å². The molecule has 19 heavy (non-hydrogen) atoms. The van der Waals surface area contributed by atoms with Crippen molar-refractivity contribution in [1.29, 1.82) is 0 Å². The molecule has 0 spiro atoms. The first-order valence-electron chi connectivity index (χ1n) is 6.50. The lowest BCUT2D eigenvalue weighted by molar-refractivity contribution is -0.139. The summed E-state index contributed by atoms with van der Waals surface area (Å²) in [7, 11) is 0. The summed E-state index contributed by atoms with van der Waals surface area (Å²) in [5.41, 5.74) is 5.45. The Morgan fingerprint density at radius 2 is 2.05 bits per heavy atom. The number of nitrogens with one attached hydrogen (secondary N) is 1. The van der Waals surface area contributed by atoms with Gasteiger partial charge in [-0.25, -0.2) is 8.78 Å². The minimum atomic E-state index is -4.17. The number of carbonyl (C=O) groups excluding carboxylic acids is 1. The Labute approximate surface area is 109 Å². The van der Waals surface area contributed by atoms with Crippen molar-refractivity contribution >= 4 is 5.91 Å². The summed E-state index contributed by atoms with van der Waals surface area (Å²) in [5, 5.41) is 1.94. The first-order chi connectivity index (χ1) is 8.86. The van der Waals surface area contributed by atoms with E-state index in [4.69, 9.17) is 5.73 Å². The van der Waals surface area contributed by atoms with Gasteiger partial charge in [-0.1, -0.05) is 12.8 Å². The van der Waals surface area contributed by atoms with Gasteiger partial charge in [-0.3, -0.25) is 4.79 Å². The summed E-state index contributed by atoms with van der Waals surface area (Å²) in [6.45, 7) is -0.774. The van der Waals surface area contributed by atoms with E-state index < -0.39 is 24.8 Å². The molecule has 0 bridgehead atoms. The molecule has 2 unspecified atom stereocenters. The Kier molecular flexibility index (Phi) is 6.03. The molecule has 1 aliphatic rings. The highest BCUT2D eigenvalue weighted by atomic mass is 19.3. The molecule has 0 heterocycles. The van der Waals surface area contributed by atoms with Gasteiger partial charge in [-0.2, -0.15) is 8.78 Å². The average Bonchev–Trinajstić information content (AvgIpc) is 2.36. The molecule has 0 aromatic carbocycles. The van der Waals surface area contributed by atoms with Gasteiger partial charge in [0.05, 0.1) is 6.54 Å². The largest absolute Gasteiger partial charge is 0.350 e. The second-order valence-electron chi connectivity index (χ2n) is 5.09. The minimum Gasteiger partial charge on any atom is -0.350 e. The normalized spacial score (nSPS) is 24.5. The van der Waals surface area contributed by atoms with Crippen LogP contribution in [-0.2, 0) is 4.79 Å². The highest BCUT2D eigenvalue weighted by Gasteiger charge is 2.41. The molecule has 3 nitrogen and oxygen atoms in total. The van der Waals surface area contributed by atoms with Crippen LogP contribution in [-0.4, -0.2) is 31.3 Å². The van der Waals surface area contributed by atoms with Crippen LogP contribution in [0.1, 0.15) is 32.1 Å². The highest BCUT2D eigenvalue weighted by Crippen LogP contribution is 2.31. The third-order valence-electron chi connectivity index (χ3n) is 3.55. The topological polar surface area (TPSA) is 55.1 Å². The van der Waals surface area contributed by atoms with Crippen LogP contribution in [0.15, 0.2) is 0 Å². The Morgan fingerprint density at radius 1 is 1.37 bits per heavy atom. The maximum atomic E-state index is 12.7. The molecule has 1 amide bonds. The fourth-order valence-corrected chi connectivity index (χ4v) is 2.45. The molecule has 1 rings (SSSR count). The molecule has 1 aliphatic carbocycles. The van der Waals surface area contributed by atoms with E-state index in [0.717, 1.165) is 19.3 Å². The van der Waals surface area contributed by atoms with Crippen molar-refractivity contribution in [3.05, 3.63) is 0 Å². The van der Waals surface area contributed by atoms with E-state index in [9.17, 15) is 22.4 Å². The number of hydrogen-bond acceptors (Lipinski definition) is 2. The second kappa shape index (κ2) is 7.07. The van der Waals surface area contributed by atoms with Crippen LogP contribution < -0.4 is 11.1 Å². The van der Waals surface area contributed by atoms with Crippen molar-refractivity contribution in [2.75, 3.05) is 13.1 Å². The Hall–Kier alpha value is -0.850. The van der Waals surface area contributed by atoms with Crippen LogP contribution in [0.2, 0.25) is 0 Å². The standard InChI is InChI=1S/C12H20F4N2O/c13-11(14)12(15,16)7-18-10(19)9-3-1-2-8(6-9)4-5-17/h8-9,11H,1-7,17H2,(H,18,19). The zero-order valence-electron chi connectivity index (χ0n) is 10.7. The van der Waals surface area contributed by atoms with Gasteiger partial charge in [0.2, 0.25) is 5.91 Å². The van der Waals surface area contributed by atoms with Crippen molar-refractivity contribution in [3.63, 3.8) is 0 Å². The summed E-state index contributed by atoms with van der Waals surface area (Å²) in [5.74, 6) is -4.76. The van der Waals surface area contributed by atoms with Crippen molar-refractivity contribution in [3.8, 4) is 0 Å². The first-order valence-corrected chi connectivity index (χ1v) is 6.50. The van der Waals surface area contributed by atoms with E-state index in [2.05, 4.69) is 0 Å². The zero-order chi connectivity index (χ0) is 14.5. The molecule has 7 heteroatoms. The van der Waals surface area contributed by atoms with Gasteiger partial charge >= 0.3 is 12.3 Å². The molecule has 0 saturated heterocycles. The number of nitrogens with two attached hydrogens (primary N) is 1. The van der Waals surface area contributed by atoms with Crippen LogP contribution in [0.5, 0.6) is 0 Å². The second-order valence-corrected chi connectivity index (χ2v) is 5.09. The van der Waals surface area contributed by atoms with Crippen LogP contribution in [0.25, 0.3) is 0 Å². The first kappa shape index (κ1) is 16.2. The lowest BCUT2D eigenvalue weighted by atomic mass is 9.79. The summed E-state index contributed by atoms with van der Waals surface area (Å²) in [6, 6.07) is 0. The molecule has 0 aromatic rings. The van der Waals surface area contributed by atoms with Gasteiger partial charge in [0.15, 0.2) is 0 Å². The van der Waals surface area contributed by atoms with Crippen molar-refractivity contribution in [1.82, 2.24) is 5.32 Å². The van der Waals surface area contributed by atoms with Crippen LogP contribution in [0.4, 0.5) is 17.6 Å². The summed E-state index contributed by atoms with van der Waals surface area (Å²) < 4.78 is 49.3. The van der Waals surface area contributed by atoms with Gasteiger partial charge in [0.25, 0.3) is 0 Å². The maximum absolute atomic E-state index is 12.7. The van der Waals surface area contributed by atoms with Crippen molar-refractivity contribution in [2.45, 2.75) is 44.5 Å². The smallest absolute Gasteiger partial charge is 0.324 e. The van der Waals surface area contributed by atoms with Gasteiger partial charge in [0, 0.05) is 5.92 Å². The minimum absolute atomic E-state index is 0.324. The number of hydrogen-bond donors (Lipinski definition) is 2. The number of amides is 1. The molecule has 1 fully saturated rings. The van der Waals surface area contributed by atoms with E-state index >= 15 is 0 Å². The fraction of sp³-hybridized carbons (Fsp3) is 0.917. The van der Waals surface area contributed by atoms with Gasteiger partial charge in [-0.05, 0) is 31.7 Å². The Morgan fingerprint density at radius 3 is 2.63 bits per heavy atom. The van der Waals surface area contributed by atoms with Crippen LogP contribution in [0, 0.1) is 11.8 Å². The molecule has 0 radical (unpaired) electrons. The summed E-state index contributed by atoms with van der Waals surface area (Å²) in [4.78, 5) is 11.7. The molecule has 0 aliphatic heterocycles. The summed E-state index contributed by atoms with van der Waals surface area (Å²) in [6.07, 6.45) is 0.0828. The number of rotatable bonds is 6. The molecule has 3 N–H and O–H groups in total. The molecular formula is C12H20F4N2O. The van der Waals surface area contributed by atoms with E-state index in [1.807, 2.05) is 5.32 Å². The van der Waals surface area contributed by atoms with Crippen molar-refractivity contribution < 1.29 is 22.4 Å². The number of carbonyl (C=O) groups is 1. The lowest BCUT2D eigenvalue weighted by Gasteiger charge is -2.28. The van der Waals surface area contributed by atoms with E-state index in [0.29, 0.717) is 25.3 Å². The zero-order valence-corrected chi connectivity index (χ0v) is 10.7. The van der Waals surface area contributed by atoms with Gasteiger partial charge in [-0.15, -0.1) is 0 Å². The highest BCUT2D eigenvalue weighted by molar-refractivity contribution is 5.78. The monoisotopic (exact) mass is 284 g/mol. The van der Waals surface area contributed by atoms with E-state index in [1.54, 1.807) is 0 Å². The molecule has 2 atom stereocenters. The third-order valence-corrected chi connectivity index (χ3v) is 3.55. The predicted octanol–water partition coefficient (Wildman–Crippen LogP) is 2.16. The summed E-state index contributed by atoms with van der Waals surface area (Å²) >= 11 is 0. The SMILES string of the molecule is NCCC1CCCC(C(=O)NCC(F)(F)C(F)F)C1. The molecule has 0 aromatic heterocycles. The molecule has 112 valence electrons. The number of halogens is 4. The Balaban J connectivity index is 2.41. The molecular weight excluding hydrogens is 264 g/mol. The quantitative estimate of drug-likeness (QED) is 0.734. The predicted molar refractivity (Wildman–Crippen MR) is 63.1 cm³/mol. The van der Waals surface area contributed by atoms with Crippen molar-refractivity contribution in [2.24, 2.45) is 17.6 Å². The Bertz CT molecular complexity index is 297. The number of alkyl halides is 4. The molecule has 1 saturated carbocycles.